The molecule has 0 radical (unpaired) electrons. The van der Waals surface area contributed by atoms with Crippen LogP contribution in [0, 0.1) is 25.2 Å². The second-order valence-corrected chi connectivity index (χ2v) is 7.21. The highest BCUT2D eigenvalue weighted by atomic mass is 35.5. The molecule has 1 heterocycles. The third kappa shape index (κ3) is 4.65. The Morgan fingerprint density at radius 3 is 2.72 bits per heavy atom. The molecule has 1 unspecified atom stereocenters. The molecule has 1 aromatic carbocycles. The number of methoxy groups -OCH3 is 1. The number of amides is 1. The SMILES string of the molecule is COc1ccc(NC(=O)C(C)Sc2nc(C)cc(C)c2C#N)cc1Cl. The third-order valence-corrected chi connectivity index (χ3v) is 4.88. The fourth-order valence-electron chi connectivity index (χ4n) is 2.23. The van der Waals surface area contributed by atoms with Gasteiger partial charge < -0.3 is 10.1 Å². The molecule has 0 spiro atoms. The van der Waals surface area contributed by atoms with E-state index < -0.39 is 5.25 Å². The topological polar surface area (TPSA) is 75.0 Å². The lowest BCUT2D eigenvalue weighted by Crippen LogP contribution is -2.22. The van der Waals surface area contributed by atoms with E-state index in [9.17, 15) is 10.1 Å². The Labute approximate surface area is 156 Å². The third-order valence-electron chi connectivity index (χ3n) is 3.50. The Morgan fingerprint density at radius 1 is 1.40 bits per heavy atom. The smallest absolute Gasteiger partial charge is 0.237 e. The fourth-order valence-corrected chi connectivity index (χ4v) is 3.51. The molecule has 1 aromatic heterocycles. The van der Waals surface area contributed by atoms with Gasteiger partial charge in [-0.15, -0.1) is 0 Å². The molecule has 0 aliphatic carbocycles. The average Bonchev–Trinajstić information content (AvgIpc) is 2.54. The van der Waals surface area contributed by atoms with Gasteiger partial charge in [0.05, 0.1) is 22.9 Å². The number of nitriles is 1. The van der Waals surface area contributed by atoms with E-state index in [4.69, 9.17) is 16.3 Å². The van der Waals surface area contributed by atoms with Crippen molar-refractivity contribution in [1.82, 2.24) is 4.98 Å². The first-order valence-corrected chi connectivity index (χ1v) is 8.81. The van der Waals surface area contributed by atoms with Crippen LogP contribution in [-0.2, 0) is 4.79 Å². The molecule has 1 N–H and O–H groups in total. The Hall–Kier alpha value is -2.23. The second kappa shape index (κ2) is 8.24. The summed E-state index contributed by atoms with van der Waals surface area (Å²) in [6.07, 6.45) is 0. The van der Waals surface area contributed by atoms with Crippen LogP contribution in [0.3, 0.4) is 0 Å². The van der Waals surface area contributed by atoms with Gasteiger partial charge in [-0.1, -0.05) is 23.4 Å². The number of anilines is 1. The molecule has 0 aliphatic rings. The number of pyridine rings is 1. The fraction of sp³-hybridized carbons (Fsp3) is 0.278. The summed E-state index contributed by atoms with van der Waals surface area (Å²) >= 11 is 7.33. The van der Waals surface area contributed by atoms with Crippen LogP contribution in [-0.4, -0.2) is 23.3 Å². The van der Waals surface area contributed by atoms with Gasteiger partial charge in [-0.3, -0.25) is 4.79 Å². The number of thioether (sulfide) groups is 1. The van der Waals surface area contributed by atoms with Crippen molar-refractivity contribution in [3.63, 3.8) is 0 Å². The zero-order chi connectivity index (χ0) is 18.6. The predicted molar refractivity (Wildman–Crippen MR) is 100 cm³/mol. The van der Waals surface area contributed by atoms with E-state index in [1.54, 1.807) is 25.1 Å². The number of benzene rings is 1. The van der Waals surface area contributed by atoms with Crippen molar-refractivity contribution in [3.8, 4) is 11.8 Å². The lowest BCUT2D eigenvalue weighted by atomic mass is 10.1. The monoisotopic (exact) mass is 375 g/mol. The highest BCUT2D eigenvalue weighted by molar-refractivity contribution is 8.00. The summed E-state index contributed by atoms with van der Waals surface area (Å²) in [5.74, 6) is 0.344. The number of nitrogens with one attached hydrogen (secondary N) is 1. The lowest BCUT2D eigenvalue weighted by molar-refractivity contribution is -0.115. The van der Waals surface area contributed by atoms with Gasteiger partial charge in [-0.05, 0) is 50.6 Å². The maximum atomic E-state index is 12.4. The van der Waals surface area contributed by atoms with Gasteiger partial charge in [0.2, 0.25) is 5.91 Å². The van der Waals surface area contributed by atoms with E-state index in [1.807, 2.05) is 19.9 Å². The molecular weight excluding hydrogens is 358 g/mol. The van der Waals surface area contributed by atoms with Crippen LogP contribution in [0.5, 0.6) is 5.75 Å². The molecule has 0 bridgehead atoms. The van der Waals surface area contributed by atoms with Crippen LogP contribution in [0.2, 0.25) is 5.02 Å². The quantitative estimate of drug-likeness (QED) is 0.786. The van der Waals surface area contributed by atoms with E-state index in [2.05, 4.69) is 16.4 Å². The van der Waals surface area contributed by atoms with Gasteiger partial charge in [-0.25, -0.2) is 4.98 Å². The van der Waals surface area contributed by atoms with Crippen molar-refractivity contribution >= 4 is 35.0 Å². The van der Waals surface area contributed by atoms with Gasteiger partial charge in [0.15, 0.2) is 0 Å². The summed E-state index contributed by atoms with van der Waals surface area (Å²) in [5.41, 5.74) is 2.75. The number of aryl methyl sites for hydroxylation is 2. The summed E-state index contributed by atoms with van der Waals surface area (Å²) in [5, 5.41) is 12.7. The number of hydrogen-bond donors (Lipinski definition) is 1. The Balaban J connectivity index is 2.14. The van der Waals surface area contributed by atoms with Crippen LogP contribution in [0.25, 0.3) is 0 Å². The maximum Gasteiger partial charge on any atom is 0.237 e. The Morgan fingerprint density at radius 2 is 2.12 bits per heavy atom. The molecule has 1 atom stereocenters. The normalized spacial score (nSPS) is 11.5. The van der Waals surface area contributed by atoms with Crippen molar-refractivity contribution in [2.75, 3.05) is 12.4 Å². The first kappa shape index (κ1) is 19.1. The van der Waals surface area contributed by atoms with Gasteiger partial charge in [0.1, 0.15) is 16.8 Å². The lowest BCUT2D eigenvalue weighted by Gasteiger charge is -2.14. The minimum atomic E-state index is -0.429. The van der Waals surface area contributed by atoms with E-state index in [1.165, 1.54) is 18.9 Å². The van der Waals surface area contributed by atoms with Crippen LogP contribution in [0.4, 0.5) is 5.69 Å². The van der Waals surface area contributed by atoms with Gasteiger partial charge in [-0.2, -0.15) is 5.26 Å². The average molecular weight is 376 g/mol. The molecule has 0 saturated carbocycles. The number of halogens is 1. The number of ether oxygens (including phenoxy) is 1. The standard InChI is InChI=1S/C18H18ClN3O2S/c1-10-7-11(2)21-18(14(10)9-20)25-12(3)17(23)22-13-5-6-16(24-4)15(19)8-13/h5-8,12H,1-4H3,(H,22,23). The molecule has 0 fully saturated rings. The molecule has 2 rings (SSSR count). The summed E-state index contributed by atoms with van der Waals surface area (Å²) in [6, 6.07) is 9.05. The highest BCUT2D eigenvalue weighted by Crippen LogP contribution is 2.30. The second-order valence-electron chi connectivity index (χ2n) is 5.47. The van der Waals surface area contributed by atoms with E-state index >= 15 is 0 Å². The van der Waals surface area contributed by atoms with Crippen LogP contribution in [0.15, 0.2) is 29.3 Å². The number of hydrogen-bond acceptors (Lipinski definition) is 5. The van der Waals surface area contributed by atoms with Gasteiger partial charge in [0, 0.05) is 11.4 Å². The predicted octanol–water partition coefficient (Wildman–Crippen LogP) is 4.35. The van der Waals surface area contributed by atoms with E-state index in [0.29, 0.717) is 27.0 Å². The van der Waals surface area contributed by atoms with Crippen molar-refractivity contribution < 1.29 is 9.53 Å². The maximum absolute atomic E-state index is 12.4. The van der Waals surface area contributed by atoms with Crippen molar-refractivity contribution in [2.24, 2.45) is 0 Å². The molecule has 130 valence electrons. The van der Waals surface area contributed by atoms with E-state index in [-0.39, 0.29) is 5.91 Å². The first-order chi connectivity index (χ1) is 11.8. The Kier molecular flexibility index (Phi) is 6.29. The summed E-state index contributed by atoms with van der Waals surface area (Å²) in [4.78, 5) is 16.8. The van der Waals surface area contributed by atoms with Crippen molar-refractivity contribution in [1.29, 1.82) is 5.26 Å². The molecule has 0 saturated heterocycles. The number of carbonyl (C=O) groups is 1. The van der Waals surface area contributed by atoms with Crippen molar-refractivity contribution in [2.45, 2.75) is 31.0 Å². The highest BCUT2D eigenvalue weighted by Gasteiger charge is 2.19. The number of rotatable bonds is 5. The zero-order valence-electron chi connectivity index (χ0n) is 14.4. The van der Waals surface area contributed by atoms with E-state index in [0.717, 1.165) is 11.3 Å². The molecule has 1 amide bonds. The summed E-state index contributed by atoms with van der Waals surface area (Å²) in [6.45, 7) is 5.50. The zero-order valence-corrected chi connectivity index (χ0v) is 16.0. The van der Waals surface area contributed by atoms with Crippen molar-refractivity contribution in [3.05, 3.63) is 46.1 Å². The van der Waals surface area contributed by atoms with Crippen LogP contribution < -0.4 is 10.1 Å². The molecule has 25 heavy (non-hydrogen) atoms. The molecule has 5 nitrogen and oxygen atoms in total. The Bertz CT molecular complexity index is 849. The molecule has 0 aliphatic heterocycles. The van der Waals surface area contributed by atoms with Crippen LogP contribution >= 0.6 is 23.4 Å². The van der Waals surface area contributed by atoms with Gasteiger partial charge in [0.25, 0.3) is 0 Å². The summed E-state index contributed by atoms with van der Waals surface area (Å²) in [7, 11) is 1.53. The number of nitrogens with zero attached hydrogens (tertiary/aromatic N) is 2. The molecular formula is C18H18ClN3O2S. The number of carbonyl (C=O) groups excluding carboxylic acids is 1. The molecule has 2 aromatic rings. The van der Waals surface area contributed by atoms with Crippen LogP contribution in [0.1, 0.15) is 23.7 Å². The summed E-state index contributed by atoms with van der Waals surface area (Å²) < 4.78 is 5.09. The van der Waals surface area contributed by atoms with Gasteiger partial charge >= 0.3 is 0 Å². The minimum absolute atomic E-state index is 0.198. The first-order valence-electron chi connectivity index (χ1n) is 7.55. The minimum Gasteiger partial charge on any atom is -0.495 e. The largest absolute Gasteiger partial charge is 0.495 e. The number of aromatic nitrogens is 1. The molecule has 7 heteroatoms.